The van der Waals surface area contributed by atoms with Crippen molar-refractivity contribution >= 4 is 21.6 Å². The average molecular weight is 268 g/mol. The summed E-state index contributed by atoms with van der Waals surface area (Å²) in [6.45, 7) is 6.90. The summed E-state index contributed by atoms with van der Waals surface area (Å²) in [6, 6.07) is 6.51. The summed E-state index contributed by atoms with van der Waals surface area (Å²) in [5.41, 5.74) is 2.69. The predicted molar refractivity (Wildman–Crippen MR) is 69.5 cm³/mol. The SMILES string of the molecule is Cc1cccc(N2CCC(C)CC2)c1Br. The Hall–Kier alpha value is -0.500. The number of benzene rings is 1. The molecular weight excluding hydrogens is 250 g/mol. The molecule has 15 heavy (non-hydrogen) atoms. The molecule has 2 heteroatoms. The van der Waals surface area contributed by atoms with Crippen LogP contribution < -0.4 is 4.90 Å². The molecule has 2 rings (SSSR count). The van der Waals surface area contributed by atoms with Crippen LogP contribution in [0.25, 0.3) is 0 Å². The zero-order valence-corrected chi connectivity index (χ0v) is 11.0. The van der Waals surface area contributed by atoms with E-state index in [4.69, 9.17) is 0 Å². The van der Waals surface area contributed by atoms with Crippen LogP contribution >= 0.6 is 15.9 Å². The first kappa shape index (κ1) is 11.0. The second kappa shape index (κ2) is 4.56. The largest absolute Gasteiger partial charge is 0.371 e. The fraction of sp³-hybridized carbons (Fsp3) is 0.538. The topological polar surface area (TPSA) is 3.24 Å². The van der Waals surface area contributed by atoms with Crippen molar-refractivity contribution in [2.75, 3.05) is 18.0 Å². The maximum atomic E-state index is 3.69. The summed E-state index contributed by atoms with van der Waals surface area (Å²) in [6.07, 6.45) is 2.64. The molecule has 1 heterocycles. The molecule has 0 atom stereocenters. The van der Waals surface area contributed by atoms with E-state index >= 15 is 0 Å². The van der Waals surface area contributed by atoms with Crippen LogP contribution in [0.1, 0.15) is 25.3 Å². The maximum absolute atomic E-state index is 3.69. The third-order valence-corrected chi connectivity index (χ3v) is 4.33. The van der Waals surface area contributed by atoms with Crippen molar-refractivity contribution in [2.45, 2.75) is 26.7 Å². The van der Waals surface area contributed by atoms with Crippen LogP contribution in [0.15, 0.2) is 22.7 Å². The third-order valence-electron chi connectivity index (χ3n) is 3.30. The molecular formula is C13H18BrN. The highest BCUT2D eigenvalue weighted by Crippen LogP contribution is 2.31. The van der Waals surface area contributed by atoms with Crippen LogP contribution in [0.5, 0.6) is 0 Å². The first-order valence-corrected chi connectivity index (χ1v) is 6.48. The molecule has 0 saturated carbocycles. The maximum Gasteiger partial charge on any atom is 0.0513 e. The number of aryl methyl sites for hydroxylation is 1. The van der Waals surface area contributed by atoms with E-state index in [2.05, 4.69) is 52.9 Å². The molecule has 0 aromatic heterocycles. The molecule has 0 aliphatic carbocycles. The van der Waals surface area contributed by atoms with E-state index in [0.29, 0.717) is 0 Å². The molecule has 1 aliphatic heterocycles. The lowest BCUT2D eigenvalue weighted by Crippen LogP contribution is -2.33. The summed E-state index contributed by atoms with van der Waals surface area (Å²) in [5.74, 6) is 0.893. The van der Waals surface area contributed by atoms with E-state index in [0.717, 1.165) is 5.92 Å². The van der Waals surface area contributed by atoms with Crippen molar-refractivity contribution in [3.05, 3.63) is 28.2 Å². The van der Waals surface area contributed by atoms with Crippen LogP contribution in [0.3, 0.4) is 0 Å². The number of nitrogens with zero attached hydrogens (tertiary/aromatic N) is 1. The van der Waals surface area contributed by atoms with Gasteiger partial charge in [0.05, 0.1) is 5.69 Å². The van der Waals surface area contributed by atoms with Gasteiger partial charge in [0.1, 0.15) is 0 Å². The van der Waals surface area contributed by atoms with Gasteiger partial charge >= 0.3 is 0 Å². The zero-order valence-electron chi connectivity index (χ0n) is 9.46. The minimum atomic E-state index is 0.893. The van der Waals surface area contributed by atoms with E-state index in [1.807, 2.05) is 0 Å². The van der Waals surface area contributed by atoms with Gasteiger partial charge in [-0.05, 0) is 53.2 Å². The van der Waals surface area contributed by atoms with Gasteiger partial charge in [-0.1, -0.05) is 19.1 Å². The van der Waals surface area contributed by atoms with Crippen LogP contribution in [0.2, 0.25) is 0 Å². The van der Waals surface area contributed by atoms with Gasteiger partial charge in [-0.3, -0.25) is 0 Å². The summed E-state index contributed by atoms with van der Waals surface area (Å²) in [5, 5.41) is 0. The molecule has 1 fully saturated rings. The molecule has 82 valence electrons. The van der Waals surface area contributed by atoms with Crippen molar-refractivity contribution in [3.8, 4) is 0 Å². The summed E-state index contributed by atoms with van der Waals surface area (Å²) in [4.78, 5) is 2.50. The third kappa shape index (κ3) is 2.36. The molecule has 0 radical (unpaired) electrons. The monoisotopic (exact) mass is 267 g/mol. The first-order chi connectivity index (χ1) is 7.18. The Kier molecular flexibility index (Phi) is 3.35. The second-order valence-electron chi connectivity index (χ2n) is 4.58. The van der Waals surface area contributed by atoms with Gasteiger partial charge in [0, 0.05) is 17.6 Å². The lowest BCUT2D eigenvalue weighted by molar-refractivity contribution is 0.438. The molecule has 0 unspecified atom stereocenters. The predicted octanol–water partition coefficient (Wildman–Crippen LogP) is 3.99. The van der Waals surface area contributed by atoms with Crippen molar-refractivity contribution in [2.24, 2.45) is 5.92 Å². The average Bonchev–Trinajstić information content (AvgIpc) is 2.24. The van der Waals surface area contributed by atoms with Crippen molar-refractivity contribution < 1.29 is 0 Å². The second-order valence-corrected chi connectivity index (χ2v) is 5.37. The Morgan fingerprint density at radius 3 is 2.60 bits per heavy atom. The normalized spacial score (nSPS) is 18.2. The fourth-order valence-corrected chi connectivity index (χ4v) is 2.64. The van der Waals surface area contributed by atoms with Gasteiger partial charge in [0.2, 0.25) is 0 Å². The highest BCUT2D eigenvalue weighted by Gasteiger charge is 2.17. The van der Waals surface area contributed by atoms with E-state index in [-0.39, 0.29) is 0 Å². The molecule has 0 N–H and O–H groups in total. The molecule has 0 amide bonds. The van der Waals surface area contributed by atoms with Gasteiger partial charge in [0.25, 0.3) is 0 Å². The summed E-state index contributed by atoms with van der Waals surface area (Å²) < 4.78 is 1.26. The van der Waals surface area contributed by atoms with E-state index < -0.39 is 0 Å². The van der Waals surface area contributed by atoms with Crippen LogP contribution in [-0.2, 0) is 0 Å². The van der Waals surface area contributed by atoms with E-state index in [1.165, 1.54) is 41.7 Å². The standard InChI is InChI=1S/C13H18BrN/c1-10-6-8-15(9-7-10)12-5-3-4-11(2)13(12)14/h3-5,10H,6-9H2,1-2H3. The Bertz CT molecular complexity index is 340. The lowest BCUT2D eigenvalue weighted by atomic mass is 9.98. The fourth-order valence-electron chi connectivity index (χ4n) is 2.13. The van der Waals surface area contributed by atoms with Gasteiger partial charge in [-0.2, -0.15) is 0 Å². The Morgan fingerprint density at radius 2 is 1.93 bits per heavy atom. The van der Waals surface area contributed by atoms with Crippen molar-refractivity contribution in [1.29, 1.82) is 0 Å². The Labute approximate surface area is 101 Å². The zero-order chi connectivity index (χ0) is 10.8. The van der Waals surface area contributed by atoms with Crippen molar-refractivity contribution in [3.63, 3.8) is 0 Å². The molecule has 1 nitrogen and oxygen atoms in total. The van der Waals surface area contributed by atoms with Gasteiger partial charge in [-0.25, -0.2) is 0 Å². The number of hydrogen-bond acceptors (Lipinski definition) is 1. The number of rotatable bonds is 1. The molecule has 1 saturated heterocycles. The summed E-state index contributed by atoms with van der Waals surface area (Å²) in [7, 11) is 0. The Balaban J connectivity index is 2.19. The highest BCUT2D eigenvalue weighted by molar-refractivity contribution is 9.10. The number of piperidine rings is 1. The van der Waals surface area contributed by atoms with Crippen molar-refractivity contribution in [1.82, 2.24) is 0 Å². The van der Waals surface area contributed by atoms with Crippen LogP contribution in [-0.4, -0.2) is 13.1 Å². The minimum Gasteiger partial charge on any atom is -0.371 e. The summed E-state index contributed by atoms with van der Waals surface area (Å²) >= 11 is 3.69. The highest BCUT2D eigenvalue weighted by atomic mass is 79.9. The number of hydrogen-bond donors (Lipinski definition) is 0. The number of halogens is 1. The van der Waals surface area contributed by atoms with Gasteiger partial charge < -0.3 is 4.90 Å². The minimum absolute atomic E-state index is 0.893. The Morgan fingerprint density at radius 1 is 1.27 bits per heavy atom. The first-order valence-electron chi connectivity index (χ1n) is 5.68. The van der Waals surface area contributed by atoms with Gasteiger partial charge in [-0.15, -0.1) is 0 Å². The number of anilines is 1. The molecule has 1 aliphatic rings. The molecule has 1 aromatic carbocycles. The van der Waals surface area contributed by atoms with E-state index in [1.54, 1.807) is 0 Å². The molecule has 1 aromatic rings. The quantitative estimate of drug-likeness (QED) is 0.744. The lowest BCUT2D eigenvalue weighted by Gasteiger charge is -2.33. The van der Waals surface area contributed by atoms with Gasteiger partial charge in [0.15, 0.2) is 0 Å². The van der Waals surface area contributed by atoms with E-state index in [9.17, 15) is 0 Å². The smallest absolute Gasteiger partial charge is 0.0513 e. The van der Waals surface area contributed by atoms with Crippen LogP contribution in [0, 0.1) is 12.8 Å². The molecule has 0 bridgehead atoms. The molecule has 0 spiro atoms. The van der Waals surface area contributed by atoms with Crippen LogP contribution in [0.4, 0.5) is 5.69 Å².